The van der Waals surface area contributed by atoms with Gasteiger partial charge in [-0.15, -0.1) is 0 Å². The van der Waals surface area contributed by atoms with Crippen LogP contribution in [-0.2, 0) is 0 Å². The van der Waals surface area contributed by atoms with E-state index in [1.165, 1.54) is 19.4 Å². The molecule has 3 amide bonds. The van der Waals surface area contributed by atoms with Gasteiger partial charge in [0.25, 0.3) is 5.91 Å². The van der Waals surface area contributed by atoms with Gasteiger partial charge in [0.2, 0.25) is 0 Å². The summed E-state index contributed by atoms with van der Waals surface area (Å²) < 4.78 is 18.3. The van der Waals surface area contributed by atoms with Gasteiger partial charge in [-0.2, -0.15) is 0 Å². The minimum absolute atomic E-state index is 0.251. The molecular weight excluding hydrogens is 365 g/mol. The quantitative estimate of drug-likeness (QED) is 0.837. The van der Waals surface area contributed by atoms with Gasteiger partial charge in [0.1, 0.15) is 17.4 Å². The highest BCUT2D eigenvalue weighted by atomic mass is 19.1. The van der Waals surface area contributed by atoms with Gasteiger partial charge in [0.05, 0.1) is 19.0 Å². The molecule has 1 aromatic heterocycles. The highest BCUT2D eigenvalue weighted by Gasteiger charge is 2.23. The first-order valence-corrected chi connectivity index (χ1v) is 8.84. The number of pyridine rings is 1. The number of piperazine rings is 1. The van der Waals surface area contributed by atoms with Gasteiger partial charge in [-0.1, -0.05) is 0 Å². The Labute approximate surface area is 162 Å². The second-order valence-corrected chi connectivity index (χ2v) is 6.23. The zero-order valence-corrected chi connectivity index (χ0v) is 15.7. The van der Waals surface area contributed by atoms with E-state index in [1.807, 2.05) is 4.90 Å². The smallest absolute Gasteiger partial charge is 0.322 e. The summed E-state index contributed by atoms with van der Waals surface area (Å²) in [7, 11) is 3.04. The molecule has 0 radical (unpaired) electrons. The molecule has 0 atom stereocenters. The number of carbonyl (C=O) groups excluding carboxylic acids is 2. The van der Waals surface area contributed by atoms with Crippen molar-refractivity contribution in [2.75, 3.05) is 50.6 Å². The maximum Gasteiger partial charge on any atom is 0.322 e. The number of methoxy groups -OCH3 is 1. The minimum Gasteiger partial charge on any atom is -0.495 e. The normalized spacial score (nSPS) is 13.8. The zero-order valence-electron chi connectivity index (χ0n) is 15.7. The number of ether oxygens (including phenoxy) is 1. The van der Waals surface area contributed by atoms with E-state index in [4.69, 9.17) is 4.74 Å². The molecule has 1 aliphatic heterocycles. The van der Waals surface area contributed by atoms with Crippen molar-refractivity contribution in [1.82, 2.24) is 15.2 Å². The Morgan fingerprint density at radius 1 is 1.14 bits per heavy atom. The molecule has 9 heteroatoms. The van der Waals surface area contributed by atoms with Crippen molar-refractivity contribution in [2.45, 2.75) is 0 Å². The van der Waals surface area contributed by atoms with Gasteiger partial charge in [-0.25, -0.2) is 14.2 Å². The maximum atomic E-state index is 13.0. The van der Waals surface area contributed by atoms with E-state index in [-0.39, 0.29) is 17.8 Å². The molecule has 2 N–H and O–H groups in total. The fourth-order valence-corrected chi connectivity index (χ4v) is 2.98. The predicted octanol–water partition coefficient (Wildman–Crippen LogP) is 1.94. The Balaban J connectivity index is 1.64. The molecule has 28 heavy (non-hydrogen) atoms. The lowest BCUT2D eigenvalue weighted by Crippen LogP contribution is -2.50. The number of anilines is 2. The van der Waals surface area contributed by atoms with Crippen LogP contribution < -0.4 is 20.3 Å². The van der Waals surface area contributed by atoms with Crippen molar-refractivity contribution in [2.24, 2.45) is 0 Å². The number of nitrogens with one attached hydrogen (secondary N) is 2. The lowest BCUT2D eigenvalue weighted by Gasteiger charge is -2.35. The standard InChI is InChI=1S/C19H22FN5O3/c1-21-18(26)13-3-5-16(28-2)15(11-13)23-19(27)25-9-7-24(8-10-25)17-6-4-14(20)12-22-17/h3-6,11-12H,7-10H2,1-2H3,(H,21,26)(H,23,27). The first-order chi connectivity index (χ1) is 13.5. The number of hydrogen-bond donors (Lipinski definition) is 2. The van der Waals surface area contributed by atoms with Crippen molar-refractivity contribution in [3.05, 3.63) is 47.9 Å². The zero-order chi connectivity index (χ0) is 20.1. The molecule has 1 aromatic carbocycles. The summed E-state index contributed by atoms with van der Waals surface area (Å²) in [5.41, 5.74) is 0.849. The van der Waals surface area contributed by atoms with Gasteiger partial charge >= 0.3 is 6.03 Å². The van der Waals surface area contributed by atoms with Gasteiger partial charge < -0.3 is 25.2 Å². The van der Waals surface area contributed by atoms with Crippen LogP contribution in [0, 0.1) is 5.82 Å². The highest BCUT2D eigenvalue weighted by Crippen LogP contribution is 2.26. The third-order valence-corrected chi connectivity index (χ3v) is 4.53. The molecule has 1 fully saturated rings. The molecule has 1 saturated heterocycles. The third-order valence-electron chi connectivity index (χ3n) is 4.53. The van der Waals surface area contributed by atoms with Crippen molar-refractivity contribution in [3.63, 3.8) is 0 Å². The van der Waals surface area contributed by atoms with Crippen LogP contribution in [0.3, 0.4) is 0 Å². The van der Waals surface area contributed by atoms with E-state index in [0.717, 1.165) is 0 Å². The average Bonchev–Trinajstić information content (AvgIpc) is 2.73. The van der Waals surface area contributed by atoms with Gasteiger partial charge in [-0.3, -0.25) is 4.79 Å². The number of amides is 3. The number of benzene rings is 1. The molecule has 0 bridgehead atoms. The Hall–Kier alpha value is -3.36. The van der Waals surface area contributed by atoms with E-state index < -0.39 is 0 Å². The molecule has 2 heterocycles. The second kappa shape index (κ2) is 8.55. The van der Waals surface area contributed by atoms with Crippen molar-refractivity contribution in [1.29, 1.82) is 0 Å². The van der Waals surface area contributed by atoms with Crippen LogP contribution >= 0.6 is 0 Å². The Bertz CT molecular complexity index is 851. The fourth-order valence-electron chi connectivity index (χ4n) is 2.98. The fraction of sp³-hybridized carbons (Fsp3) is 0.316. The summed E-state index contributed by atoms with van der Waals surface area (Å²) in [5.74, 6) is 0.518. The average molecular weight is 387 g/mol. The van der Waals surface area contributed by atoms with Crippen molar-refractivity contribution >= 4 is 23.4 Å². The Morgan fingerprint density at radius 3 is 2.50 bits per heavy atom. The number of halogens is 1. The van der Waals surface area contributed by atoms with E-state index in [0.29, 0.717) is 49.0 Å². The number of hydrogen-bond acceptors (Lipinski definition) is 5. The maximum absolute atomic E-state index is 13.0. The van der Waals surface area contributed by atoms with Crippen LogP contribution in [-0.4, -0.2) is 62.2 Å². The van der Waals surface area contributed by atoms with Crippen LogP contribution in [0.2, 0.25) is 0 Å². The van der Waals surface area contributed by atoms with E-state index >= 15 is 0 Å². The summed E-state index contributed by atoms with van der Waals surface area (Å²) in [4.78, 5) is 32.2. The third kappa shape index (κ3) is 4.30. The molecule has 8 nitrogen and oxygen atoms in total. The number of urea groups is 1. The lowest BCUT2D eigenvalue weighted by atomic mass is 10.1. The summed E-state index contributed by atoms with van der Waals surface area (Å²) in [6.07, 6.45) is 1.18. The molecule has 0 unspecified atom stereocenters. The lowest BCUT2D eigenvalue weighted by molar-refractivity contribution is 0.0963. The molecule has 0 aliphatic carbocycles. The Kier molecular flexibility index (Phi) is 5.93. The highest BCUT2D eigenvalue weighted by molar-refractivity contribution is 5.98. The van der Waals surface area contributed by atoms with Crippen molar-refractivity contribution < 1.29 is 18.7 Å². The molecule has 3 rings (SSSR count). The van der Waals surface area contributed by atoms with Crippen LogP contribution in [0.4, 0.5) is 20.7 Å². The van der Waals surface area contributed by atoms with Gasteiger partial charge in [0, 0.05) is 38.8 Å². The van der Waals surface area contributed by atoms with Gasteiger partial charge in [-0.05, 0) is 30.3 Å². The van der Waals surface area contributed by atoms with Gasteiger partial charge in [0.15, 0.2) is 0 Å². The van der Waals surface area contributed by atoms with E-state index in [9.17, 15) is 14.0 Å². The molecule has 0 spiro atoms. The van der Waals surface area contributed by atoms with Crippen LogP contribution in [0.25, 0.3) is 0 Å². The molecular formula is C19H22FN5O3. The SMILES string of the molecule is CNC(=O)c1ccc(OC)c(NC(=O)N2CCN(c3ccc(F)cn3)CC2)c1. The summed E-state index contributed by atoms with van der Waals surface area (Å²) in [5, 5.41) is 5.36. The number of nitrogens with zero attached hydrogens (tertiary/aromatic N) is 3. The second-order valence-electron chi connectivity index (χ2n) is 6.23. The van der Waals surface area contributed by atoms with Crippen LogP contribution in [0.15, 0.2) is 36.5 Å². The predicted molar refractivity (Wildman–Crippen MR) is 103 cm³/mol. The monoisotopic (exact) mass is 387 g/mol. The number of carbonyl (C=O) groups is 2. The summed E-state index contributed by atoms with van der Waals surface area (Å²) in [6.45, 7) is 2.15. The van der Waals surface area contributed by atoms with E-state index in [1.54, 1.807) is 36.2 Å². The van der Waals surface area contributed by atoms with Crippen LogP contribution in [0.5, 0.6) is 5.75 Å². The topological polar surface area (TPSA) is 86.8 Å². The van der Waals surface area contributed by atoms with Crippen molar-refractivity contribution in [3.8, 4) is 5.75 Å². The van der Waals surface area contributed by atoms with E-state index in [2.05, 4.69) is 15.6 Å². The molecule has 1 aliphatic rings. The van der Waals surface area contributed by atoms with Crippen LogP contribution in [0.1, 0.15) is 10.4 Å². The molecule has 2 aromatic rings. The first-order valence-electron chi connectivity index (χ1n) is 8.84. The minimum atomic E-state index is -0.380. The molecule has 148 valence electrons. The number of aromatic nitrogens is 1. The summed E-state index contributed by atoms with van der Waals surface area (Å²) in [6, 6.07) is 7.56. The largest absolute Gasteiger partial charge is 0.495 e. The summed E-state index contributed by atoms with van der Waals surface area (Å²) >= 11 is 0. The first kappa shape index (κ1) is 19.4. The molecule has 0 saturated carbocycles. The number of rotatable bonds is 4. The Morgan fingerprint density at radius 2 is 1.89 bits per heavy atom.